The number of likely N-dealkylation sites (tertiary alicyclic amines) is 1. The van der Waals surface area contributed by atoms with Gasteiger partial charge in [-0.15, -0.1) is 0 Å². The number of H-pyrrole nitrogens is 1. The Labute approximate surface area is 104 Å². The van der Waals surface area contributed by atoms with Crippen molar-refractivity contribution in [2.24, 2.45) is 5.92 Å². The summed E-state index contributed by atoms with van der Waals surface area (Å²) in [5.41, 5.74) is 0.680. The minimum Gasteiger partial charge on any atom is -0.356 e. The monoisotopic (exact) mass is 284 g/mol. The molecule has 3 nitrogen and oxygen atoms in total. The van der Waals surface area contributed by atoms with Crippen molar-refractivity contribution >= 4 is 21.8 Å². The second-order valence-electron chi connectivity index (χ2n) is 4.68. The SMILES string of the molecule is CC(C)[C@@H]1CCCN1C(=O)c1cc(Br)c[nH]1. The Balaban J connectivity index is 2.15. The van der Waals surface area contributed by atoms with Gasteiger partial charge in [0.25, 0.3) is 5.91 Å². The Morgan fingerprint density at radius 3 is 2.94 bits per heavy atom. The number of hydrogen-bond acceptors (Lipinski definition) is 1. The van der Waals surface area contributed by atoms with Crippen LogP contribution in [0.3, 0.4) is 0 Å². The predicted octanol–water partition coefficient (Wildman–Crippen LogP) is 3.04. The zero-order chi connectivity index (χ0) is 11.7. The number of hydrogen-bond donors (Lipinski definition) is 1. The molecule has 1 atom stereocenters. The highest BCUT2D eigenvalue weighted by molar-refractivity contribution is 9.10. The Morgan fingerprint density at radius 2 is 2.38 bits per heavy atom. The summed E-state index contributed by atoms with van der Waals surface area (Å²) in [5, 5.41) is 0. The van der Waals surface area contributed by atoms with Crippen molar-refractivity contribution in [1.29, 1.82) is 0 Å². The molecular formula is C12H17BrN2O. The smallest absolute Gasteiger partial charge is 0.270 e. The Hall–Kier alpha value is -0.770. The third kappa shape index (κ3) is 2.17. The summed E-state index contributed by atoms with van der Waals surface area (Å²) in [4.78, 5) is 17.3. The molecule has 1 fully saturated rings. The molecule has 1 saturated heterocycles. The molecule has 1 aliphatic rings. The summed E-state index contributed by atoms with van der Waals surface area (Å²) in [6.45, 7) is 5.25. The van der Waals surface area contributed by atoms with Crippen LogP contribution in [0.25, 0.3) is 0 Å². The van der Waals surface area contributed by atoms with Gasteiger partial charge in [-0.05, 0) is 40.8 Å². The summed E-state index contributed by atoms with van der Waals surface area (Å²) in [6.07, 6.45) is 4.05. The maximum Gasteiger partial charge on any atom is 0.270 e. The van der Waals surface area contributed by atoms with Gasteiger partial charge in [0.15, 0.2) is 0 Å². The number of carbonyl (C=O) groups is 1. The van der Waals surface area contributed by atoms with E-state index < -0.39 is 0 Å². The van der Waals surface area contributed by atoms with Gasteiger partial charge in [0.05, 0.1) is 0 Å². The van der Waals surface area contributed by atoms with E-state index in [0.29, 0.717) is 17.7 Å². The molecule has 1 aliphatic heterocycles. The van der Waals surface area contributed by atoms with E-state index in [1.165, 1.54) is 0 Å². The summed E-state index contributed by atoms with van der Waals surface area (Å²) < 4.78 is 0.927. The van der Waals surface area contributed by atoms with Gasteiger partial charge >= 0.3 is 0 Å². The number of rotatable bonds is 2. The van der Waals surface area contributed by atoms with Crippen molar-refractivity contribution in [3.63, 3.8) is 0 Å². The topological polar surface area (TPSA) is 36.1 Å². The first-order chi connectivity index (χ1) is 7.59. The number of aromatic amines is 1. The number of carbonyl (C=O) groups excluding carboxylic acids is 1. The third-order valence-corrected chi connectivity index (χ3v) is 3.67. The average Bonchev–Trinajstić information content (AvgIpc) is 2.84. The fourth-order valence-corrected chi connectivity index (χ4v) is 2.73. The second-order valence-corrected chi connectivity index (χ2v) is 5.60. The van der Waals surface area contributed by atoms with Crippen molar-refractivity contribution in [3.05, 3.63) is 22.4 Å². The van der Waals surface area contributed by atoms with Crippen molar-refractivity contribution in [2.75, 3.05) is 6.54 Å². The van der Waals surface area contributed by atoms with Crippen LogP contribution in [0.5, 0.6) is 0 Å². The van der Waals surface area contributed by atoms with Crippen LogP contribution in [0.2, 0.25) is 0 Å². The minimum absolute atomic E-state index is 0.127. The molecule has 0 aliphatic carbocycles. The summed E-state index contributed by atoms with van der Waals surface area (Å²) in [5.74, 6) is 0.659. The first-order valence-corrected chi connectivity index (χ1v) is 6.54. The maximum absolute atomic E-state index is 12.2. The van der Waals surface area contributed by atoms with Crippen molar-refractivity contribution in [1.82, 2.24) is 9.88 Å². The molecule has 4 heteroatoms. The zero-order valence-corrected chi connectivity index (χ0v) is 11.3. The first kappa shape index (κ1) is 11.7. The highest BCUT2D eigenvalue weighted by atomic mass is 79.9. The van der Waals surface area contributed by atoms with Crippen LogP contribution in [0.15, 0.2) is 16.7 Å². The van der Waals surface area contributed by atoms with Crippen LogP contribution in [-0.2, 0) is 0 Å². The largest absolute Gasteiger partial charge is 0.356 e. The van der Waals surface area contributed by atoms with E-state index in [4.69, 9.17) is 0 Å². The molecule has 1 amide bonds. The lowest BCUT2D eigenvalue weighted by Gasteiger charge is -2.27. The van der Waals surface area contributed by atoms with E-state index in [0.717, 1.165) is 23.9 Å². The Bertz CT molecular complexity index is 386. The van der Waals surface area contributed by atoms with Crippen molar-refractivity contribution in [3.8, 4) is 0 Å². The lowest BCUT2D eigenvalue weighted by molar-refractivity contribution is 0.0696. The van der Waals surface area contributed by atoms with Gasteiger partial charge in [-0.25, -0.2) is 0 Å². The van der Waals surface area contributed by atoms with E-state index in [9.17, 15) is 4.79 Å². The number of aromatic nitrogens is 1. The predicted molar refractivity (Wildman–Crippen MR) is 67.4 cm³/mol. The molecule has 16 heavy (non-hydrogen) atoms. The molecule has 0 spiro atoms. The maximum atomic E-state index is 12.2. The van der Waals surface area contributed by atoms with Crippen LogP contribution in [-0.4, -0.2) is 28.4 Å². The fraction of sp³-hybridized carbons (Fsp3) is 0.583. The summed E-state index contributed by atoms with van der Waals surface area (Å²) in [6, 6.07) is 2.24. The van der Waals surface area contributed by atoms with Gasteiger partial charge in [0.1, 0.15) is 5.69 Å². The molecule has 88 valence electrons. The second kappa shape index (κ2) is 4.62. The minimum atomic E-state index is 0.127. The first-order valence-electron chi connectivity index (χ1n) is 5.74. The molecule has 2 heterocycles. The Kier molecular flexibility index (Phi) is 3.38. The molecule has 2 rings (SSSR count). The molecule has 0 bridgehead atoms. The zero-order valence-electron chi connectivity index (χ0n) is 9.66. The van der Waals surface area contributed by atoms with Gasteiger partial charge in [0.2, 0.25) is 0 Å². The standard InChI is InChI=1S/C12H17BrN2O/c1-8(2)11-4-3-5-15(11)12(16)10-6-9(13)7-14-10/h6-8,11,14H,3-5H2,1-2H3/t11-/m0/s1. The van der Waals surface area contributed by atoms with Crippen LogP contribution < -0.4 is 0 Å². The van der Waals surface area contributed by atoms with Gasteiger partial charge in [-0.3, -0.25) is 4.79 Å². The van der Waals surface area contributed by atoms with Gasteiger partial charge in [-0.2, -0.15) is 0 Å². The third-order valence-electron chi connectivity index (χ3n) is 3.21. The van der Waals surface area contributed by atoms with Crippen LogP contribution >= 0.6 is 15.9 Å². The Morgan fingerprint density at radius 1 is 1.62 bits per heavy atom. The average molecular weight is 285 g/mol. The van der Waals surface area contributed by atoms with Crippen LogP contribution in [0, 0.1) is 5.92 Å². The summed E-state index contributed by atoms with van der Waals surface area (Å²) in [7, 11) is 0. The number of nitrogens with one attached hydrogen (secondary N) is 1. The van der Waals surface area contributed by atoms with Gasteiger partial charge in [-0.1, -0.05) is 13.8 Å². The quantitative estimate of drug-likeness (QED) is 0.890. The van der Waals surface area contributed by atoms with Gasteiger partial charge in [0, 0.05) is 23.3 Å². The molecule has 0 aromatic carbocycles. The van der Waals surface area contributed by atoms with Crippen molar-refractivity contribution in [2.45, 2.75) is 32.7 Å². The number of halogens is 1. The molecule has 0 unspecified atom stereocenters. The lowest BCUT2D eigenvalue weighted by Crippen LogP contribution is -2.38. The highest BCUT2D eigenvalue weighted by Gasteiger charge is 2.31. The van der Waals surface area contributed by atoms with Crippen LogP contribution in [0.4, 0.5) is 0 Å². The number of amides is 1. The van der Waals surface area contributed by atoms with E-state index in [1.54, 1.807) is 6.20 Å². The lowest BCUT2D eigenvalue weighted by atomic mass is 10.0. The normalized spacial score (nSPS) is 20.8. The van der Waals surface area contributed by atoms with Crippen LogP contribution in [0.1, 0.15) is 37.2 Å². The fourth-order valence-electron chi connectivity index (χ4n) is 2.38. The van der Waals surface area contributed by atoms with Gasteiger partial charge < -0.3 is 9.88 Å². The van der Waals surface area contributed by atoms with E-state index in [1.807, 2.05) is 11.0 Å². The number of nitrogens with zero attached hydrogens (tertiary/aromatic N) is 1. The molecular weight excluding hydrogens is 268 g/mol. The van der Waals surface area contributed by atoms with E-state index in [2.05, 4.69) is 34.8 Å². The van der Waals surface area contributed by atoms with E-state index >= 15 is 0 Å². The molecule has 1 aromatic heterocycles. The summed E-state index contributed by atoms with van der Waals surface area (Å²) >= 11 is 3.35. The molecule has 0 saturated carbocycles. The van der Waals surface area contributed by atoms with Crippen molar-refractivity contribution < 1.29 is 4.79 Å². The molecule has 0 radical (unpaired) electrons. The molecule has 1 N–H and O–H groups in total. The highest BCUT2D eigenvalue weighted by Crippen LogP contribution is 2.25. The van der Waals surface area contributed by atoms with E-state index in [-0.39, 0.29) is 5.91 Å². The molecule has 1 aromatic rings.